The van der Waals surface area contributed by atoms with Crippen molar-refractivity contribution < 1.29 is 27.2 Å². The van der Waals surface area contributed by atoms with E-state index < -0.39 is 35.0 Å². The van der Waals surface area contributed by atoms with Crippen molar-refractivity contribution in [1.29, 1.82) is 0 Å². The molecule has 0 unspecified atom stereocenters. The number of carbonyl (C=O) groups excluding carboxylic acids is 2. The van der Waals surface area contributed by atoms with Gasteiger partial charge in [0.1, 0.15) is 21.1 Å². The number of fused-ring (bicyclic) bond motifs is 2. The van der Waals surface area contributed by atoms with Gasteiger partial charge < -0.3 is 11.1 Å². The molecule has 0 saturated carbocycles. The number of amides is 2. The number of thiophene rings is 1. The van der Waals surface area contributed by atoms with Gasteiger partial charge >= 0.3 is 5.38 Å². The third-order valence-electron chi connectivity index (χ3n) is 6.14. The Morgan fingerprint density at radius 2 is 1.90 bits per heavy atom. The molecule has 0 spiro atoms. The minimum absolute atomic E-state index is 0.0249. The summed E-state index contributed by atoms with van der Waals surface area (Å²) in [6.07, 6.45) is -1.44. The van der Waals surface area contributed by atoms with Crippen molar-refractivity contribution in [2.24, 2.45) is 5.73 Å². The van der Waals surface area contributed by atoms with Crippen LogP contribution < -0.4 is 11.1 Å². The van der Waals surface area contributed by atoms with E-state index in [4.69, 9.17) is 17.3 Å². The normalized spacial score (nSPS) is 12.1. The fourth-order valence-corrected chi connectivity index (χ4v) is 5.50. The SMILES string of the molecule is CCn1ncc(-c2cc(C(F)F)nc3sc(C(N)=O)c(NC(=O)c4cc5nc(C)cc(C(F)(F)Cl)n5n4)c23)c1C. The Hall–Kier alpha value is -4.11. The molecule has 10 nitrogen and oxygen atoms in total. The Morgan fingerprint density at radius 3 is 2.50 bits per heavy atom. The maximum Gasteiger partial charge on any atom is 0.364 e. The maximum absolute atomic E-state index is 14.0. The van der Waals surface area contributed by atoms with E-state index in [1.165, 1.54) is 13.1 Å². The summed E-state index contributed by atoms with van der Waals surface area (Å²) in [5.41, 5.74) is 5.42. The predicted molar refractivity (Wildman–Crippen MR) is 140 cm³/mol. The zero-order valence-electron chi connectivity index (χ0n) is 21.0. The lowest BCUT2D eigenvalue weighted by atomic mass is 10.0. The first kappa shape index (κ1) is 27.5. The van der Waals surface area contributed by atoms with Gasteiger partial charge in [-0.2, -0.15) is 19.0 Å². The number of hydrogen-bond acceptors (Lipinski definition) is 7. The summed E-state index contributed by atoms with van der Waals surface area (Å²) in [5, 5.41) is 7.14. The molecule has 5 heterocycles. The second-order valence-electron chi connectivity index (χ2n) is 8.74. The quantitative estimate of drug-likeness (QED) is 0.191. The van der Waals surface area contributed by atoms with Gasteiger partial charge in [-0.05, 0) is 50.1 Å². The Labute approximate surface area is 231 Å². The van der Waals surface area contributed by atoms with Crippen molar-refractivity contribution in [3.8, 4) is 11.1 Å². The number of rotatable bonds is 7. The first-order valence-corrected chi connectivity index (χ1v) is 12.8. The van der Waals surface area contributed by atoms with Crippen molar-refractivity contribution >= 4 is 56.3 Å². The van der Waals surface area contributed by atoms with Crippen LogP contribution in [-0.2, 0) is 11.9 Å². The molecule has 5 aromatic heterocycles. The fraction of sp³-hybridized carbons (Fsp3) is 0.250. The van der Waals surface area contributed by atoms with Crippen LogP contribution in [0.4, 0.5) is 23.2 Å². The molecule has 0 aromatic carbocycles. The van der Waals surface area contributed by atoms with E-state index in [1.807, 2.05) is 6.92 Å². The van der Waals surface area contributed by atoms with Crippen LogP contribution in [0.1, 0.15) is 56.3 Å². The lowest BCUT2D eigenvalue weighted by Crippen LogP contribution is -2.18. The summed E-state index contributed by atoms with van der Waals surface area (Å²) in [4.78, 5) is 33.7. The van der Waals surface area contributed by atoms with Gasteiger partial charge in [-0.1, -0.05) is 0 Å². The van der Waals surface area contributed by atoms with Gasteiger partial charge in [-0.15, -0.1) is 11.3 Å². The number of anilines is 1. The molecule has 2 amide bonds. The Bertz CT molecular complexity index is 1830. The summed E-state index contributed by atoms with van der Waals surface area (Å²) in [6, 6.07) is 3.36. The second kappa shape index (κ2) is 9.82. The molecule has 16 heteroatoms. The second-order valence-corrected chi connectivity index (χ2v) is 10.2. The van der Waals surface area contributed by atoms with Gasteiger partial charge in [0.15, 0.2) is 11.3 Å². The minimum Gasteiger partial charge on any atom is -0.365 e. The fourth-order valence-electron chi connectivity index (χ4n) is 4.35. The van der Waals surface area contributed by atoms with Gasteiger partial charge in [0.2, 0.25) is 0 Å². The third-order valence-corrected chi connectivity index (χ3v) is 7.43. The summed E-state index contributed by atoms with van der Waals surface area (Å²) >= 11 is 5.96. The molecule has 0 aliphatic carbocycles. The summed E-state index contributed by atoms with van der Waals surface area (Å²) in [5.74, 6) is -1.85. The van der Waals surface area contributed by atoms with Crippen LogP contribution in [-0.4, -0.2) is 41.2 Å². The smallest absolute Gasteiger partial charge is 0.364 e. The molecule has 0 atom stereocenters. The van der Waals surface area contributed by atoms with E-state index in [1.54, 1.807) is 11.6 Å². The first-order valence-electron chi connectivity index (χ1n) is 11.6. The van der Waals surface area contributed by atoms with Crippen molar-refractivity contribution in [3.63, 3.8) is 0 Å². The highest BCUT2D eigenvalue weighted by Crippen LogP contribution is 2.43. The average molecular weight is 595 g/mol. The number of alkyl halides is 5. The number of hydrogen-bond donors (Lipinski definition) is 2. The zero-order chi connectivity index (χ0) is 29.1. The molecule has 0 fully saturated rings. The molecule has 3 N–H and O–H groups in total. The highest BCUT2D eigenvalue weighted by Gasteiger charge is 2.33. The van der Waals surface area contributed by atoms with Crippen LogP contribution >= 0.6 is 22.9 Å². The number of pyridine rings is 1. The van der Waals surface area contributed by atoms with Gasteiger partial charge in [-0.25, -0.2) is 23.3 Å². The lowest BCUT2D eigenvalue weighted by Gasteiger charge is -2.11. The Balaban J connectivity index is 1.70. The van der Waals surface area contributed by atoms with E-state index in [0.29, 0.717) is 17.8 Å². The average Bonchev–Trinajstić information content (AvgIpc) is 3.57. The van der Waals surface area contributed by atoms with Crippen LogP contribution in [0, 0.1) is 13.8 Å². The van der Waals surface area contributed by atoms with Crippen molar-refractivity contribution in [1.82, 2.24) is 29.4 Å². The molecule has 0 radical (unpaired) electrons. The highest BCUT2D eigenvalue weighted by molar-refractivity contribution is 7.21. The number of nitrogens with zero attached hydrogens (tertiary/aromatic N) is 6. The highest BCUT2D eigenvalue weighted by atomic mass is 35.5. The number of primary amides is 1. The van der Waals surface area contributed by atoms with Crippen molar-refractivity contribution in [2.45, 2.75) is 39.1 Å². The Kier molecular flexibility index (Phi) is 6.74. The zero-order valence-corrected chi connectivity index (χ0v) is 22.5. The molecule has 5 aromatic rings. The molecule has 0 bridgehead atoms. The number of carbonyl (C=O) groups is 2. The summed E-state index contributed by atoms with van der Waals surface area (Å²) < 4.78 is 58.0. The van der Waals surface area contributed by atoms with Crippen LogP contribution in [0.15, 0.2) is 24.4 Å². The molecular weight excluding hydrogens is 576 g/mol. The Morgan fingerprint density at radius 1 is 1.18 bits per heavy atom. The van der Waals surface area contributed by atoms with E-state index in [2.05, 4.69) is 25.5 Å². The van der Waals surface area contributed by atoms with Gasteiger partial charge in [0.25, 0.3) is 18.2 Å². The van der Waals surface area contributed by atoms with Crippen LogP contribution in [0.3, 0.4) is 0 Å². The van der Waals surface area contributed by atoms with Gasteiger partial charge in [0.05, 0.1) is 11.9 Å². The minimum atomic E-state index is -3.81. The molecule has 5 rings (SSSR count). The largest absolute Gasteiger partial charge is 0.365 e. The predicted octanol–water partition coefficient (Wildman–Crippen LogP) is 5.42. The first-order chi connectivity index (χ1) is 18.8. The maximum atomic E-state index is 14.0. The topological polar surface area (TPSA) is 133 Å². The van der Waals surface area contributed by atoms with E-state index >= 15 is 0 Å². The van der Waals surface area contributed by atoms with E-state index in [-0.39, 0.29) is 43.4 Å². The molecule has 208 valence electrons. The number of halogens is 5. The molecule has 0 aliphatic heterocycles. The van der Waals surface area contributed by atoms with Gasteiger partial charge in [-0.3, -0.25) is 14.3 Å². The van der Waals surface area contributed by atoms with Crippen LogP contribution in [0.2, 0.25) is 0 Å². The molecule has 40 heavy (non-hydrogen) atoms. The monoisotopic (exact) mass is 594 g/mol. The molecule has 0 saturated heterocycles. The lowest BCUT2D eigenvalue weighted by molar-refractivity contribution is 0.0867. The van der Waals surface area contributed by atoms with Crippen molar-refractivity contribution in [3.05, 3.63) is 57.7 Å². The van der Waals surface area contributed by atoms with Crippen molar-refractivity contribution in [2.75, 3.05) is 5.32 Å². The molecule has 0 aliphatic rings. The van der Waals surface area contributed by atoms with Gasteiger partial charge in [0, 0.05) is 34.9 Å². The number of nitrogens with two attached hydrogens (primary N) is 1. The number of aromatic nitrogens is 6. The third kappa shape index (κ3) is 4.64. The van der Waals surface area contributed by atoms with E-state index in [0.717, 1.165) is 34.1 Å². The van der Waals surface area contributed by atoms with E-state index in [9.17, 15) is 27.2 Å². The standard InChI is InChI=1S/C24H19ClF4N8O2S/c1-4-36-10(3)12(8-31-36)11-6-13(20(26)27)33-23-17(11)18(19(40-23)21(30)38)34-22(39)14-7-16-32-9(2)5-15(24(25,28)29)37(16)35-14/h5-8,20H,4H2,1-3H3,(H2,30,38)(H,34,39). The van der Waals surface area contributed by atoms with Crippen LogP contribution in [0.5, 0.6) is 0 Å². The summed E-state index contributed by atoms with van der Waals surface area (Å²) in [6.45, 7) is 5.58. The number of aryl methyl sites for hydroxylation is 2. The summed E-state index contributed by atoms with van der Waals surface area (Å²) in [7, 11) is 0. The van der Waals surface area contributed by atoms with Crippen LogP contribution in [0.25, 0.3) is 27.0 Å². The number of nitrogens with one attached hydrogen (secondary N) is 1. The molecular formula is C24H19ClF4N8O2S.